The monoisotopic (exact) mass is 527 g/mol. The van der Waals surface area contributed by atoms with Crippen LogP contribution in [-0.2, 0) is 25.7 Å². The van der Waals surface area contributed by atoms with Crippen molar-refractivity contribution in [1.82, 2.24) is 10.2 Å². The number of aliphatic hydroxyl groups is 1. The number of primary amides is 1. The van der Waals surface area contributed by atoms with E-state index in [2.05, 4.69) is 5.32 Å². The Balaban J connectivity index is 1.85. The minimum absolute atomic E-state index is 0.0140. The first-order chi connectivity index (χ1) is 17.7. The summed E-state index contributed by atoms with van der Waals surface area (Å²) in [6.07, 6.45) is 0. The molecule has 0 spiro atoms. The highest BCUT2D eigenvalue weighted by atomic mass is 16.3. The number of phenols is 1. The number of nitrogens with zero attached hydrogens (tertiary/aromatic N) is 1. The van der Waals surface area contributed by atoms with Crippen LogP contribution in [0.5, 0.6) is 5.75 Å². The highest BCUT2D eigenvalue weighted by molar-refractivity contribution is 6.32. The van der Waals surface area contributed by atoms with E-state index < -0.39 is 76.2 Å². The summed E-state index contributed by atoms with van der Waals surface area (Å²) in [5.74, 6) is -11.1. The lowest BCUT2D eigenvalue weighted by Gasteiger charge is -2.57. The lowest BCUT2D eigenvalue weighted by atomic mass is 9.47. The van der Waals surface area contributed by atoms with Crippen LogP contribution in [0.15, 0.2) is 12.1 Å². The summed E-state index contributed by atoms with van der Waals surface area (Å²) >= 11 is 0. The zero-order chi connectivity index (χ0) is 28.4. The molecule has 0 heterocycles. The van der Waals surface area contributed by atoms with Crippen LogP contribution in [0.1, 0.15) is 55.1 Å². The summed E-state index contributed by atoms with van der Waals surface area (Å²) in [6.45, 7) is 8.67. The molecular weight excluding hydrogens is 490 g/mol. The second kappa shape index (κ2) is 9.66. The number of likely N-dealkylation sites (N-methyl/N-ethyl adjacent to an activating group) is 1. The molecular formula is C28H37N3O7. The molecule has 2 fully saturated rings. The number of carbonyl (C=O) groups is 5. The Morgan fingerprint density at radius 2 is 1.76 bits per heavy atom. The molecule has 0 saturated heterocycles. The lowest BCUT2D eigenvalue weighted by molar-refractivity contribution is -0.188. The van der Waals surface area contributed by atoms with Gasteiger partial charge in [0.1, 0.15) is 5.75 Å². The maximum atomic E-state index is 14.1. The van der Waals surface area contributed by atoms with Gasteiger partial charge in [0.15, 0.2) is 34.7 Å². The van der Waals surface area contributed by atoms with Crippen LogP contribution >= 0.6 is 0 Å². The van der Waals surface area contributed by atoms with E-state index in [9.17, 15) is 34.2 Å². The van der Waals surface area contributed by atoms with Gasteiger partial charge in [0.05, 0.1) is 17.5 Å². The second-order valence-corrected chi connectivity index (χ2v) is 11.8. The highest BCUT2D eigenvalue weighted by Gasteiger charge is 2.72. The van der Waals surface area contributed by atoms with Gasteiger partial charge < -0.3 is 21.3 Å². The van der Waals surface area contributed by atoms with Gasteiger partial charge in [-0.1, -0.05) is 39.8 Å². The summed E-state index contributed by atoms with van der Waals surface area (Å²) in [5, 5.41) is 26.2. The molecule has 1 aromatic carbocycles. The number of nitrogens with one attached hydrogen (secondary N) is 1. The molecule has 0 aliphatic heterocycles. The quantitative estimate of drug-likeness (QED) is 0.383. The number of benzene rings is 1. The summed E-state index contributed by atoms with van der Waals surface area (Å²) in [7, 11) is 3.13. The van der Waals surface area contributed by atoms with E-state index in [1.807, 2.05) is 20.8 Å². The average Bonchev–Trinajstić information content (AvgIpc) is 2.82. The molecule has 5 N–H and O–H groups in total. The van der Waals surface area contributed by atoms with Crippen LogP contribution in [0.3, 0.4) is 0 Å². The molecule has 4 rings (SSSR count). The van der Waals surface area contributed by atoms with E-state index in [1.165, 1.54) is 4.90 Å². The Morgan fingerprint density at radius 3 is 2.32 bits per heavy atom. The van der Waals surface area contributed by atoms with Gasteiger partial charge in [-0.3, -0.25) is 28.9 Å². The maximum absolute atomic E-state index is 14.1. The number of ketones is 4. The Labute approximate surface area is 221 Å². The van der Waals surface area contributed by atoms with Crippen molar-refractivity contribution in [3.8, 4) is 5.75 Å². The third-order valence-electron chi connectivity index (χ3n) is 8.85. The number of carbonyl (C=O) groups excluding carboxylic acids is 5. The predicted octanol–water partition coefficient (Wildman–Crippen LogP) is 0.420. The van der Waals surface area contributed by atoms with Gasteiger partial charge in [0.2, 0.25) is 5.91 Å². The van der Waals surface area contributed by atoms with E-state index in [1.54, 1.807) is 33.2 Å². The van der Waals surface area contributed by atoms with Gasteiger partial charge in [-0.25, -0.2) is 0 Å². The molecule has 2 unspecified atom stereocenters. The molecule has 0 radical (unpaired) electrons. The van der Waals surface area contributed by atoms with E-state index in [4.69, 9.17) is 5.73 Å². The van der Waals surface area contributed by atoms with E-state index in [0.29, 0.717) is 30.1 Å². The number of rotatable bonds is 6. The molecule has 3 aliphatic rings. The highest BCUT2D eigenvalue weighted by Crippen LogP contribution is 2.56. The van der Waals surface area contributed by atoms with Crippen LogP contribution in [-0.4, -0.2) is 76.4 Å². The molecule has 8 atom stereocenters. The first-order valence-electron chi connectivity index (χ1n) is 13.1. The van der Waals surface area contributed by atoms with E-state index in [0.717, 1.165) is 0 Å². The van der Waals surface area contributed by atoms with Gasteiger partial charge in [0, 0.05) is 18.0 Å². The summed E-state index contributed by atoms with van der Waals surface area (Å²) in [4.78, 5) is 68.4. The summed E-state index contributed by atoms with van der Waals surface area (Å²) in [6, 6.07) is 2.40. The number of hydrogen-bond acceptors (Lipinski definition) is 9. The largest absolute Gasteiger partial charge is 0.507 e. The molecule has 1 aromatic rings. The first-order valence-corrected chi connectivity index (χ1v) is 13.1. The molecule has 3 aliphatic carbocycles. The number of Topliss-reactive ketones (excluding diaryl/α,β-unsaturated/α-hetero) is 4. The SMILES string of the molecule is CC(C)CNCc1ccc2c(c1O)C(=O)C1C(=O)[C@]3(O)C(=O)C(C(N)=O)C(=O)[C@@H](N(C)C)[C@@H]3[C@@H](C)[C@@H]1[C@H]2C. The molecule has 10 nitrogen and oxygen atoms in total. The minimum Gasteiger partial charge on any atom is -0.507 e. The topological polar surface area (TPSA) is 167 Å². The lowest BCUT2D eigenvalue weighted by Crippen LogP contribution is -2.76. The fourth-order valence-corrected chi connectivity index (χ4v) is 7.17. The third kappa shape index (κ3) is 3.84. The van der Waals surface area contributed by atoms with Crippen molar-refractivity contribution < 1.29 is 34.2 Å². The number of hydrogen-bond donors (Lipinski definition) is 4. The van der Waals surface area contributed by atoms with Gasteiger partial charge >= 0.3 is 0 Å². The number of fused-ring (bicyclic) bond motifs is 3. The van der Waals surface area contributed by atoms with Gasteiger partial charge in [0.25, 0.3) is 0 Å². The molecule has 1 amide bonds. The Bertz CT molecular complexity index is 1230. The molecule has 0 aromatic heterocycles. The number of aromatic hydroxyl groups is 1. The van der Waals surface area contributed by atoms with Crippen LogP contribution < -0.4 is 11.1 Å². The zero-order valence-corrected chi connectivity index (χ0v) is 22.6. The average molecular weight is 528 g/mol. The first kappa shape index (κ1) is 28.1. The molecule has 10 heteroatoms. The molecule has 38 heavy (non-hydrogen) atoms. The Morgan fingerprint density at radius 1 is 1.13 bits per heavy atom. The van der Waals surface area contributed by atoms with E-state index >= 15 is 0 Å². The number of amides is 1. The molecule has 0 bridgehead atoms. The fraction of sp³-hybridized carbons (Fsp3) is 0.607. The van der Waals surface area contributed by atoms with Crippen molar-refractivity contribution in [3.05, 3.63) is 28.8 Å². The molecule has 206 valence electrons. The van der Waals surface area contributed by atoms with Crippen molar-refractivity contribution in [1.29, 1.82) is 0 Å². The van der Waals surface area contributed by atoms with Crippen molar-refractivity contribution in [3.63, 3.8) is 0 Å². The zero-order valence-electron chi connectivity index (χ0n) is 22.6. The maximum Gasteiger partial charge on any atom is 0.235 e. The van der Waals surface area contributed by atoms with Gasteiger partial charge in [-0.2, -0.15) is 0 Å². The normalized spacial score (nSPS) is 34.8. The summed E-state index contributed by atoms with van der Waals surface area (Å²) in [5.41, 5.74) is 3.73. The van der Waals surface area contributed by atoms with Crippen molar-refractivity contribution in [2.45, 2.75) is 51.8 Å². The van der Waals surface area contributed by atoms with E-state index in [-0.39, 0.29) is 11.3 Å². The number of nitrogens with two attached hydrogens (primary N) is 1. The smallest absolute Gasteiger partial charge is 0.235 e. The van der Waals surface area contributed by atoms with Crippen molar-refractivity contribution in [2.75, 3.05) is 20.6 Å². The van der Waals surface area contributed by atoms with Crippen molar-refractivity contribution >= 4 is 29.0 Å². The predicted molar refractivity (Wildman–Crippen MR) is 137 cm³/mol. The van der Waals surface area contributed by atoms with Crippen LogP contribution in [0.2, 0.25) is 0 Å². The summed E-state index contributed by atoms with van der Waals surface area (Å²) < 4.78 is 0. The van der Waals surface area contributed by atoms with Gasteiger partial charge in [-0.15, -0.1) is 0 Å². The van der Waals surface area contributed by atoms with Crippen LogP contribution in [0.25, 0.3) is 0 Å². The van der Waals surface area contributed by atoms with Crippen LogP contribution in [0, 0.1) is 35.5 Å². The second-order valence-electron chi connectivity index (χ2n) is 11.8. The Kier molecular flexibility index (Phi) is 7.14. The Hall–Kier alpha value is -2.95. The fourth-order valence-electron chi connectivity index (χ4n) is 7.17. The van der Waals surface area contributed by atoms with Gasteiger partial charge in [-0.05, 0) is 49.9 Å². The van der Waals surface area contributed by atoms with Crippen LogP contribution in [0.4, 0.5) is 0 Å². The van der Waals surface area contributed by atoms with Crippen molar-refractivity contribution in [2.24, 2.45) is 41.2 Å². The minimum atomic E-state index is -2.75. The number of phenolic OH excluding ortho intramolecular Hbond substituents is 1. The third-order valence-corrected chi connectivity index (χ3v) is 8.85. The molecule has 2 saturated carbocycles. The standard InChI is InChI=1S/C28H37N3O7/c1-11(2)9-30-10-14-7-8-15-12(3)16-13(4)20-21(31(5)6)24(34)19(27(29)37)26(36)28(20,38)25(35)18(16)23(33)17(15)22(14)32/h7-8,11-13,16,18-21,30,32,38H,9-10H2,1-6H3,(H2,29,37)/t12-,13-,16-,18?,19?,20-,21-,28-/m0/s1.